The number of nitrogens with zero attached hydrogens (tertiary/aromatic N) is 2. The molecule has 2 aromatic heterocycles. The summed E-state index contributed by atoms with van der Waals surface area (Å²) in [5.41, 5.74) is -1.32. The predicted molar refractivity (Wildman–Crippen MR) is 58.6 cm³/mol. The zero-order valence-corrected chi connectivity index (χ0v) is 9.53. The molecule has 0 aromatic carbocycles. The summed E-state index contributed by atoms with van der Waals surface area (Å²) in [6, 6.07) is 6.16. The number of pyridine rings is 2. The highest BCUT2D eigenvalue weighted by Crippen LogP contribution is 2.31. The van der Waals surface area contributed by atoms with Crippen LogP contribution < -0.4 is 4.73 Å². The van der Waals surface area contributed by atoms with Crippen molar-refractivity contribution in [1.29, 1.82) is 0 Å². The second kappa shape index (κ2) is 4.45. The van der Waals surface area contributed by atoms with Crippen LogP contribution in [0.5, 0.6) is 0 Å². The van der Waals surface area contributed by atoms with Crippen LogP contribution in [-0.2, 0) is 6.18 Å². The van der Waals surface area contributed by atoms with Gasteiger partial charge in [0.25, 0.3) is 0 Å². The SMILES string of the molecule is [O-][n+]1ccccc1-c1nc(C(F)(F)F)ccc1Cl. The van der Waals surface area contributed by atoms with Gasteiger partial charge in [-0.15, -0.1) is 0 Å². The number of rotatable bonds is 1. The van der Waals surface area contributed by atoms with Gasteiger partial charge in [-0.05, 0) is 18.2 Å². The Morgan fingerprint density at radius 1 is 1.17 bits per heavy atom. The van der Waals surface area contributed by atoms with E-state index in [1.165, 1.54) is 18.2 Å². The van der Waals surface area contributed by atoms with Gasteiger partial charge in [0.1, 0.15) is 5.69 Å². The van der Waals surface area contributed by atoms with Crippen LogP contribution in [-0.4, -0.2) is 4.98 Å². The van der Waals surface area contributed by atoms with Gasteiger partial charge in [-0.3, -0.25) is 0 Å². The minimum atomic E-state index is -4.58. The fourth-order valence-corrected chi connectivity index (χ4v) is 1.59. The lowest BCUT2D eigenvalue weighted by Crippen LogP contribution is -2.28. The maximum absolute atomic E-state index is 12.5. The Balaban J connectivity index is 2.61. The van der Waals surface area contributed by atoms with E-state index in [2.05, 4.69) is 4.98 Å². The average Bonchev–Trinajstić information content (AvgIpc) is 2.29. The number of halogens is 4. The van der Waals surface area contributed by atoms with Crippen molar-refractivity contribution in [3.8, 4) is 11.4 Å². The van der Waals surface area contributed by atoms with Crippen molar-refractivity contribution < 1.29 is 17.9 Å². The van der Waals surface area contributed by atoms with Gasteiger partial charge in [0.05, 0.1) is 5.02 Å². The van der Waals surface area contributed by atoms with Crippen LogP contribution in [0.25, 0.3) is 11.4 Å². The molecule has 18 heavy (non-hydrogen) atoms. The summed E-state index contributed by atoms with van der Waals surface area (Å²) in [7, 11) is 0. The molecular weight excluding hydrogens is 269 g/mol. The second-order valence-corrected chi connectivity index (χ2v) is 3.84. The quantitative estimate of drug-likeness (QED) is 0.592. The van der Waals surface area contributed by atoms with Crippen LogP contribution in [0, 0.1) is 5.21 Å². The van der Waals surface area contributed by atoms with E-state index in [4.69, 9.17) is 11.6 Å². The van der Waals surface area contributed by atoms with E-state index in [0.29, 0.717) is 4.73 Å². The number of alkyl halides is 3. The Morgan fingerprint density at radius 2 is 1.89 bits per heavy atom. The molecule has 0 radical (unpaired) electrons. The lowest BCUT2D eigenvalue weighted by Gasteiger charge is -2.09. The van der Waals surface area contributed by atoms with Gasteiger partial charge in [0, 0.05) is 12.1 Å². The van der Waals surface area contributed by atoms with Gasteiger partial charge in [-0.25, -0.2) is 4.98 Å². The summed E-state index contributed by atoms with van der Waals surface area (Å²) in [6.45, 7) is 0. The molecule has 94 valence electrons. The zero-order chi connectivity index (χ0) is 13.3. The Kier molecular flexibility index (Phi) is 3.13. The fourth-order valence-electron chi connectivity index (χ4n) is 1.39. The van der Waals surface area contributed by atoms with Crippen molar-refractivity contribution in [3.63, 3.8) is 0 Å². The van der Waals surface area contributed by atoms with Crippen molar-refractivity contribution in [2.75, 3.05) is 0 Å². The van der Waals surface area contributed by atoms with E-state index in [1.807, 2.05) is 0 Å². The standard InChI is InChI=1S/C11H6ClF3N2O/c12-7-4-5-9(11(13,14)15)16-10(7)8-3-1-2-6-17(8)18/h1-6H. The molecule has 2 heterocycles. The van der Waals surface area contributed by atoms with Gasteiger partial charge >= 0.3 is 6.18 Å². The largest absolute Gasteiger partial charge is 0.618 e. The first-order valence-corrected chi connectivity index (χ1v) is 5.19. The maximum Gasteiger partial charge on any atom is 0.433 e. The smallest absolute Gasteiger partial charge is 0.433 e. The summed E-state index contributed by atoms with van der Waals surface area (Å²) < 4.78 is 38.0. The molecule has 0 saturated heterocycles. The van der Waals surface area contributed by atoms with Gasteiger partial charge < -0.3 is 5.21 Å². The molecule has 0 aliphatic heterocycles. The normalized spacial score (nSPS) is 11.6. The van der Waals surface area contributed by atoms with E-state index in [9.17, 15) is 18.4 Å². The highest BCUT2D eigenvalue weighted by Gasteiger charge is 2.33. The summed E-state index contributed by atoms with van der Waals surface area (Å²) >= 11 is 5.77. The zero-order valence-electron chi connectivity index (χ0n) is 8.78. The molecule has 0 fully saturated rings. The maximum atomic E-state index is 12.5. The molecule has 2 aromatic rings. The molecule has 0 aliphatic rings. The Labute approximate surface area is 105 Å². The van der Waals surface area contributed by atoms with Crippen molar-refractivity contribution in [2.24, 2.45) is 0 Å². The minimum Gasteiger partial charge on any atom is -0.618 e. The number of aromatic nitrogens is 2. The Hall–Kier alpha value is -1.82. The first-order valence-electron chi connectivity index (χ1n) is 4.82. The van der Waals surface area contributed by atoms with Crippen molar-refractivity contribution in [2.45, 2.75) is 6.18 Å². The third-order valence-electron chi connectivity index (χ3n) is 2.20. The molecule has 0 spiro atoms. The molecule has 7 heteroatoms. The summed E-state index contributed by atoms with van der Waals surface area (Å²) in [5, 5.41) is 11.5. The van der Waals surface area contributed by atoms with Gasteiger partial charge in [-0.1, -0.05) is 11.6 Å². The summed E-state index contributed by atoms with van der Waals surface area (Å²) in [4.78, 5) is 3.40. The van der Waals surface area contributed by atoms with E-state index in [0.717, 1.165) is 18.3 Å². The van der Waals surface area contributed by atoms with Crippen molar-refractivity contribution in [1.82, 2.24) is 4.98 Å². The van der Waals surface area contributed by atoms with Gasteiger partial charge in [0.15, 0.2) is 11.9 Å². The molecule has 0 N–H and O–H groups in total. The van der Waals surface area contributed by atoms with Crippen LogP contribution in [0.2, 0.25) is 5.02 Å². The molecule has 0 unspecified atom stereocenters. The van der Waals surface area contributed by atoms with E-state index >= 15 is 0 Å². The Morgan fingerprint density at radius 3 is 2.50 bits per heavy atom. The van der Waals surface area contributed by atoms with Crippen molar-refractivity contribution >= 4 is 11.6 Å². The highest BCUT2D eigenvalue weighted by molar-refractivity contribution is 6.32. The van der Waals surface area contributed by atoms with Crippen LogP contribution in [0.15, 0.2) is 36.5 Å². The highest BCUT2D eigenvalue weighted by atomic mass is 35.5. The minimum absolute atomic E-state index is 0.0150. The molecule has 0 bridgehead atoms. The average molecular weight is 275 g/mol. The molecule has 2 rings (SSSR count). The number of hydrogen-bond donors (Lipinski definition) is 0. The van der Waals surface area contributed by atoms with E-state index < -0.39 is 11.9 Å². The molecule has 3 nitrogen and oxygen atoms in total. The van der Waals surface area contributed by atoms with Crippen LogP contribution >= 0.6 is 11.6 Å². The molecular formula is C11H6ClF3N2O. The van der Waals surface area contributed by atoms with E-state index in [1.54, 1.807) is 0 Å². The second-order valence-electron chi connectivity index (χ2n) is 3.44. The topological polar surface area (TPSA) is 39.8 Å². The van der Waals surface area contributed by atoms with Gasteiger partial charge in [0.2, 0.25) is 5.69 Å². The lowest BCUT2D eigenvalue weighted by molar-refractivity contribution is -0.593. The lowest BCUT2D eigenvalue weighted by atomic mass is 10.2. The van der Waals surface area contributed by atoms with Gasteiger partial charge in [-0.2, -0.15) is 17.9 Å². The Bertz CT molecular complexity index is 587. The third-order valence-corrected chi connectivity index (χ3v) is 2.51. The number of hydrogen-bond acceptors (Lipinski definition) is 2. The van der Waals surface area contributed by atoms with Crippen LogP contribution in [0.4, 0.5) is 13.2 Å². The predicted octanol–water partition coefficient (Wildman–Crippen LogP) is 3.05. The summed E-state index contributed by atoms with van der Waals surface area (Å²) in [6.07, 6.45) is -3.42. The molecule has 0 amide bonds. The van der Waals surface area contributed by atoms with E-state index in [-0.39, 0.29) is 16.4 Å². The first kappa shape index (κ1) is 12.6. The molecule has 0 aliphatic carbocycles. The monoisotopic (exact) mass is 274 g/mol. The van der Waals surface area contributed by atoms with Crippen LogP contribution in [0.1, 0.15) is 5.69 Å². The van der Waals surface area contributed by atoms with Crippen molar-refractivity contribution in [3.05, 3.63) is 52.5 Å². The third kappa shape index (κ3) is 2.38. The van der Waals surface area contributed by atoms with Crippen LogP contribution in [0.3, 0.4) is 0 Å². The first-order chi connectivity index (χ1) is 8.39. The molecule has 0 saturated carbocycles. The molecule has 0 atom stereocenters. The fraction of sp³-hybridized carbons (Fsp3) is 0.0909. The summed E-state index contributed by atoms with van der Waals surface area (Å²) in [5.74, 6) is 0.